The van der Waals surface area contributed by atoms with Crippen LogP contribution in [0.2, 0.25) is 0 Å². The lowest BCUT2D eigenvalue weighted by atomic mass is 10.0. The topological polar surface area (TPSA) is 37.8 Å². The van der Waals surface area contributed by atoms with Gasteiger partial charge in [-0.05, 0) is 43.9 Å². The summed E-state index contributed by atoms with van der Waals surface area (Å²) in [6.07, 6.45) is 4.23. The third-order valence-electron chi connectivity index (χ3n) is 3.70. The van der Waals surface area contributed by atoms with Crippen molar-refractivity contribution in [2.75, 3.05) is 6.54 Å². The molecule has 0 radical (unpaired) electrons. The molecule has 0 saturated carbocycles. The van der Waals surface area contributed by atoms with Crippen molar-refractivity contribution in [2.45, 2.75) is 52.5 Å². The van der Waals surface area contributed by atoms with Gasteiger partial charge in [0.2, 0.25) is 0 Å². The molecule has 0 saturated heterocycles. The lowest BCUT2D eigenvalue weighted by Crippen LogP contribution is -2.21. The van der Waals surface area contributed by atoms with Crippen LogP contribution in [0.1, 0.15) is 53.9 Å². The monoisotopic (exact) mass is 303 g/mol. The van der Waals surface area contributed by atoms with Crippen LogP contribution in [0.3, 0.4) is 0 Å². The minimum absolute atomic E-state index is 0.356. The molecule has 1 aromatic carbocycles. The van der Waals surface area contributed by atoms with Gasteiger partial charge in [-0.25, -0.2) is 0 Å². The Morgan fingerprint density at radius 2 is 1.95 bits per heavy atom. The van der Waals surface area contributed by atoms with Gasteiger partial charge in [-0.1, -0.05) is 49.4 Å². The average Bonchev–Trinajstić information content (AvgIpc) is 2.96. The molecule has 1 unspecified atom stereocenters. The normalized spacial score (nSPS) is 12.5. The van der Waals surface area contributed by atoms with Crippen LogP contribution >= 0.6 is 11.3 Å². The zero-order valence-electron chi connectivity index (χ0n) is 13.2. The second-order valence-corrected chi connectivity index (χ2v) is 6.47. The van der Waals surface area contributed by atoms with Gasteiger partial charge in [0, 0.05) is 6.42 Å². The van der Waals surface area contributed by atoms with Crippen LogP contribution in [0, 0.1) is 6.92 Å². The molecule has 1 N–H and O–H groups in total. The van der Waals surface area contributed by atoms with Crippen LogP contribution in [0.5, 0.6) is 0 Å². The summed E-state index contributed by atoms with van der Waals surface area (Å²) in [6.45, 7) is 7.59. The maximum absolute atomic E-state index is 4.38. The summed E-state index contributed by atoms with van der Waals surface area (Å²) in [5, 5.41) is 14.6. The summed E-state index contributed by atoms with van der Waals surface area (Å²) < 4.78 is 0. The molecule has 0 aliphatic heterocycles. The number of rotatable bonds is 8. The van der Waals surface area contributed by atoms with Gasteiger partial charge < -0.3 is 5.32 Å². The highest BCUT2D eigenvalue weighted by atomic mass is 32.1. The highest BCUT2D eigenvalue weighted by Gasteiger charge is 2.14. The van der Waals surface area contributed by atoms with Crippen molar-refractivity contribution in [3.05, 3.63) is 45.4 Å². The smallest absolute Gasteiger partial charge is 0.134 e. The van der Waals surface area contributed by atoms with E-state index in [2.05, 4.69) is 60.6 Å². The van der Waals surface area contributed by atoms with Crippen molar-refractivity contribution in [3.63, 3.8) is 0 Å². The van der Waals surface area contributed by atoms with E-state index in [1.807, 2.05) is 0 Å². The Morgan fingerprint density at radius 3 is 2.67 bits per heavy atom. The van der Waals surface area contributed by atoms with Crippen molar-refractivity contribution in [1.82, 2.24) is 15.5 Å². The van der Waals surface area contributed by atoms with Crippen molar-refractivity contribution in [2.24, 2.45) is 0 Å². The van der Waals surface area contributed by atoms with E-state index >= 15 is 0 Å². The minimum Gasteiger partial charge on any atom is -0.308 e. The lowest BCUT2D eigenvalue weighted by Gasteiger charge is -2.12. The summed E-state index contributed by atoms with van der Waals surface area (Å²) in [6, 6.07) is 8.93. The summed E-state index contributed by atoms with van der Waals surface area (Å²) >= 11 is 1.76. The molecule has 0 aliphatic carbocycles. The third kappa shape index (κ3) is 4.61. The zero-order chi connectivity index (χ0) is 15.1. The maximum atomic E-state index is 4.38. The number of nitrogens with zero attached hydrogens (tertiary/aromatic N) is 2. The van der Waals surface area contributed by atoms with Gasteiger partial charge in [0.15, 0.2) is 0 Å². The first-order valence-electron chi connectivity index (χ1n) is 7.84. The van der Waals surface area contributed by atoms with E-state index in [0.717, 1.165) is 42.2 Å². The van der Waals surface area contributed by atoms with E-state index in [9.17, 15) is 0 Å². The van der Waals surface area contributed by atoms with E-state index < -0.39 is 0 Å². The van der Waals surface area contributed by atoms with E-state index in [0.29, 0.717) is 6.04 Å². The molecule has 2 aromatic rings. The Kier molecular flexibility index (Phi) is 6.33. The average molecular weight is 303 g/mol. The summed E-state index contributed by atoms with van der Waals surface area (Å²) in [7, 11) is 0. The number of nitrogens with one attached hydrogen (secondary N) is 1. The van der Waals surface area contributed by atoms with Crippen LogP contribution in [-0.2, 0) is 12.8 Å². The second kappa shape index (κ2) is 8.25. The largest absolute Gasteiger partial charge is 0.308 e. The molecular weight excluding hydrogens is 278 g/mol. The number of hydrogen-bond acceptors (Lipinski definition) is 4. The summed E-state index contributed by atoms with van der Waals surface area (Å²) in [5.41, 5.74) is 2.77. The van der Waals surface area contributed by atoms with Crippen LogP contribution in [0.25, 0.3) is 0 Å². The third-order valence-corrected chi connectivity index (χ3v) is 4.80. The first kappa shape index (κ1) is 16.1. The second-order valence-electron chi connectivity index (χ2n) is 5.38. The van der Waals surface area contributed by atoms with Gasteiger partial charge >= 0.3 is 0 Å². The first-order chi connectivity index (χ1) is 10.2. The molecule has 1 heterocycles. The van der Waals surface area contributed by atoms with Crippen LogP contribution < -0.4 is 5.32 Å². The fraction of sp³-hybridized carbons (Fsp3) is 0.529. The predicted molar refractivity (Wildman–Crippen MR) is 89.8 cm³/mol. The van der Waals surface area contributed by atoms with E-state index in [1.165, 1.54) is 11.1 Å². The van der Waals surface area contributed by atoms with Gasteiger partial charge in [0.1, 0.15) is 10.0 Å². The van der Waals surface area contributed by atoms with Crippen molar-refractivity contribution in [1.29, 1.82) is 0 Å². The molecule has 3 nitrogen and oxygen atoms in total. The highest BCUT2D eigenvalue weighted by Crippen LogP contribution is 2.22. The number of aromatic nitrogens is 2. The molecule has 0 fully saturated rings. The predicted octanol–water partition coefficient (Wildman–Crippen LogP) is 4.08. The van der Waals surface area contributed by atoms with Crippen LogP contribution in [-0.4, -0.2) is 16.7 Å². The van der Waals surface area contributed by atoms with Crippen molar-refractivity contribution < 1.29 is 0 Å². The minimum atomic E-state index is 0.356. The molecule has 0 spiro atoms. The quantitative estimate of drug-likeness (QED) is 0.798. The highest BCUT2D eigenvalue weighted by molar-refractivity contribution is 7.11. The van der Waals surface area contributed by atoms with Gasteiger partial charge in [0.25, 0.3) is 0 Å². The van der Waals surface area contributed by atoms with E-state index in [4.69, 9.17) is 0 Å². The number of aryl methyl sites for hydroxylation is 3. The fourth-order valence-electron chi connectivity index (χ4n) is 2.37. The Bertz CT molecular complexity index is 550. The summed E-state index contributed by atoms with van der Waals surface area (Å²) in [4.78, 5) is 0. The molecule has 0 aliphatic rings. The summed E-state index contributed by atoms with van der Waals surface area (Å²) in [5.74, 6) is 0. The van der Waals surface area contributed by atoms with Gasteiger partial charge in [-0.3, -0.25) is 0 Å². The molecule has 4 heteroatoms. The molecule has 1 atom stereocenters. The zero-order valence-corrected chi connectivity index (χ0v) is 14.0. The fourth-order valence-corrected chi connectivity index (χ4v) is 3.37. The molecular formula is C17H25N3S. The van der Waals surface area contributed by atoms with E-state index in [-0.39, 0.29) is 0 Å². The van der Waals surface area contributed by atoms with Gasteiger partial charge in [0.05, 0.1) is 6.04 Å². The Morgan fingerprint density at radius 1 is 1.14 bits per heavy atom. The molecule has 21 heavy (non-hydrogen) atoms. The first-order valence-corrected chi connectivity index (χ1v) is 8.66. The number of benzene rings is 1. The Hall–Kier alpha value is -1.26. The standard InChI is InChI=1S/C17H25N3S/c1-4-12-18-15(5-2)17-20-19-16(21-17)11-10-14-9-7-6-8-13(14)3/h6-9,15,18H,4-5,10-12H2,1-3H3. The molecule has 1 aromatic heterocycles. The van der Waals surface area contributed by atoms with Crippen molar-refractivity contribution in [3.8, 4) is 0 Å². The molecule has 2 rings (SSSR count). The van der Waals surface area contributed by atoms with Crippen molar-refractivity contribution >= 4 is 11.3 Å². The van der Waals surface area contributed by atoms with E-state index in [1.54, 1.807) is 11.3 Å². The number of hydrogen-bond donors (Lipinski definition) is 1. The van der Waals surface area contributed by atoms with Crippen LogP contribution in [0.4, 0.5) is 0 Å². The van der Waals surface area contributed by atoms with Crippen LogP contribution in [0.15, 0.2) is 24.3 Å². The lowest BCUT2D eigenvalue weighted by molar-refractivity contribution is 0.512. The van der Waals surface area contributed by atoms with Gasteiger partial charge in [-0.2, -0.15) is 0 Å². The molecule has 0 amide bonds. The Balaban J connectivity index is 1.95. The Labute approximate surface area is 131 Å². The maximum Gasteiger partial charge on any atom is 0.134 e. The molecule has 114 valence electrons. The molecule has 0 bridgehead atoms. The SMILES string of the molecule is CCCNC(CC)c1nnc(CCc2ccccc2C)s1. The van der Waals surface area contributed by atoms with Gasteiger partial charge in [-0.15, -0.1) is 10.2 Å².